The van der Waals surface area contributed by atoms with Crippen LogP contribution in [0.3, 0.4) is 0 Å². The van der Waals surface area contributed by atoms with Crippen molar-refractivity contribution >= 4 is 33.7 Å². The molecule has 0 saturated carbocycles. The third kappa shape index (κ3) is 4.47. The van der Waals surface area contributed by atoms with Gasteiger partial charge in [0.1, 0.15) is 5.56 Å². The molecule has 8 nitrogen and oxygen atoms in total. The van der Waals surface area contributed by atoms with E-state index in [0.29, 0.717) is 44.2 Å². The fourth-order valence-corrected chi connectivity index (χ4v) is 5.14. The largest absolute Gasteiger partial charge is 0.344 e. The molecule has 4 heterocycles. The lowest BCUT2D eigenvalue weighted by Crippen LogP contribution is -2.32. The highest BCUT2D eigenvalue weighted by Gasteiger charge is 2.23. The molecule has 0 spiro atoms. The van der Waals surface area contributed by atoms with Crippen molar-refractivity contribution in [3.63, 3.8) is 0 Å². The fraction of sp³-hybridized carbons (Fsp3) is 0.100. The number of benzene rings is 2. The van der Waals surface area contributed by atoms with Crippen molar-refractivity contribution in [1.82, 2.24) is 29.5 Å². The zero-order chi connectivity index (χ0) is 26.9. The Morgan fingerprint density at radius 1 is 1.03 bits per heavy atom. The molecule has 4 aromatic heterocycles. The second kappa shape index (κ2) is 10.0. The van der Waals surface area contributed by atoms with Gasteiger partial charge in [-0.3, -0.25) is 14.2 Å². The van der Waals surface area contributed by atoms with Gasteiger partial charge in [0.15, 0.2) is 10.7 Å². The number of hydrogen-bond donors (Lipinski definition) is 1. The highest BCUT2D eigenvalue weighted by Crippen LogP contribution is 2.24. The van der Waals surface area contributed by atoms with Gasteiger partial charge in [-0.15, -0.1) is 11.3 Å². The summed E-state index contributed by atoms with van der Waals surface area (Å²) in [5.41, 5.74) is 3.18. The number of carbonyl (C=O) groups excluding carboxylic acids is 1. The third-order valence-electron chi connectivity index (χ3n) is 6.41. The average Bonchev–Trinajstić information content (AvgIpc) is 3.59. The van der Waals surface area contributed by atoms with E-state index in [4.69, 9.17) is 0 Å². The molecule has 9 heteroatoms. The number of fused-ring (bicyclic) bond motifs is 2. The van der Waals surface area contributed by atoms with Gasteiger partial charge in [-0.2, -0.15) is 5.10 Å². The van der Waals surface area contributed by atoms with Gasteiger partial charge in [0.25, 0.3) is 11.5 Å². The number of thiazole rings is 1. The average molecular weight is 531 g/mol. The van der Waals surface area contributed by atoms with E-state index >= 15 is 0 Å². The molecule has 0 aliphatic heterocycles. The van der Waals surface area contributed by atoms with Crippen molar-refractivity contribution in [2.45, 2.75) is 19.9 Å². The van der Waals surface area contributed by atoms with E-state index in [1.165, 1.54) is 11.3 Å². The lowest BCUT2D eigenvalue weighted by molar-refractivity contribution is 0.0939. The van der Waals surface area contributed by atoms with Crippen LogP contribution in [-0.2, 0) is 0 Å². The smallest absolute Gasteiger partial charge is 0.264 e. The summed E-state index contributed by atoms with van der Waals surface area (Å²) in [5.74, 6) is 5.87. The molecular weight excluding hydrogens is 508 g/mol. The first-order chi connectivity index (χ1) is 19.0. The number of para-hydroxylation sites is 1. The van der Waals surface area contributed by atoms with E-state index in [1.54, 1.807) is 40.7 Å². The number of aryl methyl sites for hydroxylation is 1. The number of pyridine rings is 1. The van der Waals surface area contributed by atoms with Gasteiger partial charge < -0.3 is 5.32 Å². The van der Waals surface area contributed by atoms with Crippen LogP contribution in [0.1, 0.15) is 45.3 Å². The monoisotopic (exact) mass is 530 g/mol. The topological polar surface area (TPSA) is 94.2 Å². The van der Waals surface area contributed by atoms with Gasteiger partial charge in [0, 0.05) is 40.9 Å². The first-order valence-corrected chi connectivity index (χ1v) is 13.2. The van der Waals surface area contributed by atoms with Gasteiger partial charge in [-0.1, -0.05) is 36.3 Å². The zero-order valence-corrected chi connectivity index (χ0v) is 21.9. The highest BCUT2D eigenvalue weighted by molar-refractivity contribution is 7.10. The molecule has 6 aromatic rings. The Morgan fingerprint density at radius 3 is 2.67 bits per heavy atom. The van der Waals surface area contributed by atoms with Crippen LogP contribution in [0.15, 0.2) is 89.4 Å². The standard InChI is InChI=1S/C30H22N6O2S/c1-19(33-29(37)26-20(2)34-35-16-7-14-32-28(26)35)24-18-22-9-6-8-21(12-13-25-31-15-17-39-25)27(22)30(38)36(24)23-10-4-3-5-11-23/h3-11,14-19H,1-2H3,(H,33,37)/t19-/m0/s1. The van der Waals surface area contributed by atoms with Crippen molar-refractivity contribution in [2.75, 3.05) is 0 Å². The molecule has 0 fully saturated rings. The Balaban J connectivity index is 1.48. The number of nitrogens with zero attached hydrogens (tertiary/aromatic N) is 5. The second-order valence-electron chi connectivity index (χ2n) is 8.95. The van der Waals surface area contributed by atoms with Crippen LogP contribution in [0.2, 0.25) is 0 Å². The Hall–Kier alpha value is -5.07. The van der Waals surface area contributed by atoms with Gasteiger partial charge in [-0.05, 0) is 55.5 Å². The lowest BCUT2D eigenvalue weighted by Gasteiger charge is -2.21. The van der Waals surface area contributed by atoms with Crippen LogP contribution in [0, 0.1) is 18.8 Å². The predicted molar refractivity (Wildman–Crippen MR) is 151 cm³/mol. The number of hydrogen-bond acceptors (Lipinski definition) is 6. The molecule has 1 amide bonds. The quantitative estimate of drug-likeness (QED) is 0.334. The Kier molecular flexibility index (Phi) is 6.23. The minimum absolute atomic E-state index is 0.215. The molecule has 6 rings (SSSR count). The van der Waals surface area contributed by atoms with Gasteiger partial charge in [0.2, 0.25) is 0 Å². The molecular formula is C30H22N6O2S. The Morgan fingerprint density at radius 2 is 1.87 bits per heavy atom. The van der Waals surface area contributed by atoms with Crippen molar-refractivity contribution in [1.29, 1.82) is 0 Å². The first kappa shape index (κ1) is 24.3. The Bertz CT molecular complexity index is 1960. The highest BCUT2D eigenvalue weighted by atomic mass is 32.1. The summed E-state index contributed by atoms with van der Waals surface area (Å²) >= 11 is 1.45. The normalized spacial score (nSPS) is 11.7. The number of aromatic nitrogens is 5. The zero-order valence-electron chi connectivity index (χ0n) is 21.1. The number of amides is 1. The molecule has 0 bridgehead atoms. The summed E-state index contributed by atoms with van der Waals surface area (Å²) in [4.78, 5) is 36.1. The van der Waals surface area contributed by atoms with E-state index < -0.39 is 6.04 Å². The van der Waals surface area contributed by atoms with Crippen LogP contribution in [0.5, 0.6) is 0 Å². The van der Waals surface area contributed by atoms with Crippen LogP contribution in [-0.4, -0.2) is 30.1 Å². The maximum atomic E-state index is 14.1. The summed E-state index contributed by atoms with van der Waals surface area (Å²) in [7, 11) is 0. The summed E-state index contributed by atoms with van der Waals surface area (Å²) in [6, 6.07) is 18.2. The minimum atomic E-state index is -0.516. The Labute approximate surface area is 227 Å². The molecule has 1 atom stereocenters. The summed E-state index contributed by atoms with van der Waals surface area (Å²) in [6.07, 6.45) is 5.08. The van der Waals surface area contributed by atoms with Gasteiger partial charge in [-0.25, -0.2) is 14.5 Å². The molecule has 0 radical (unpaired) electrons. The molecule has 0 aliphatic rings. The van der Waals surface area contributed by atoms with Crippen molar-refractivity contribution in [3.8, 4) is 17.5 Å². The fourth-order valence-electron chi connectivity index (χ4n) is 4.66. The van der Waals surface area contributed by atoms with Crippen LogP contribution >= 0.6 is 11.3 Å². The molecule has 190 valence electrons. The second-order valence-corrected chi connectivity index (χ2v) is 9.84. The van der Waals surface area contributed by atoms with Crippen LogP contribution < -0.4 is 10.9 Å². The minimum Gasteiger partial charge on any atom is -0.344 e. The SMILES string of the molecule is Cc1nn2cccnc2c1C(=O)N[C@@H](C)c1cc2cccc(C#Cc3nccs3)c2c(=O)n1-c1ccccc1. The lowest BCUT2D eigenvalue weighted by atomic mass is 10.0. The molecule has 1 N–H and O–H groups in total. The van der Waals surface area contributed by atoms with Gasteiger partial charge >= 0.3 is 0 Å². The predicted octanol–water partition coefficient (Wildman–Crippen LogP) is 4.69. The summed E-state index contributed by atoms with van der Waals surface area (Å²) < 4.78 is 3.22. The summed E-state index contributed by atoms with van der Waals surface area (Å²) in [6.45, 7) is 3.64. The van der Waals surface area contributed by atoms with Crippen LogP contribution in [0.4, 0.5) is 0 Å². The number of nitrogens with one attached hydrogen (secondary N) is 1. The maximum Gasteiger partial charge on any atom is 0.264 e. The van der Waals surface area contributed by atoms with Crippen molar-refractivity contribution in [2.24, 2.45) is 0 Å². The van der Waals surface area contributed by atoms with E-state index in [-0.39, 0.29) is 11.5 Å². The molecule has 0 aliphatic carbocycles. The molecule has 39 heavy (non-hydrogen) atoms. The maximum absolute atomic E-state index is 14.1. The molecule has 0 unspecified atom stereocenters. The van der Waals surface area contributed by atoms with Crippen molar-refractivity contribution < 1.29 is 4.79 Å². The van der Waals surface area contributed by atoms with E-state index in [1.807, 2.05) is 66.9 Å². The van der Waals surface area contributed by atoms with E-state index in [2.05, 4.69) is 32.2 Å². The first-order valence-electron chi connectivity index (χ1n) is 12.3. The van der Waals surface area contributed by atoms with E-state index in [9.17, 15) is 9.59 Å². The molecule has 2 aromatic carbocycles. The number of rotatable bonds is 4. The van der Waals surface area contributed by atoms with Gasteiger partial charge in [0.05, 0.1) is 17.1 Å². The number of carbonyl (C=O) groups is 1. The van der Waals surface area contributed by atoms with Crippen molar-refractivity contribution in [3.05, 3.63) is 123 Å². The van der Waals surface area contributed by atoms with Crippen LogP contribution in [0.25, 0.3) is 22.1 Å². The third-order valence-corrected chi connectivity index (χ3v) is 7.10. The van der Waals surface area contributed by atoms with E-state index in [0.717, 1.165) is 5.39 Å². The summed E-state index contributed by atoms with van der Waals surface area (Å²) in [5, 5.41) is 11.3. The molecule has 0 saturated heterocycles.